The van der Waals surface area contributed by atoms with Crippen molar-refractivity contribution in [1.29, 1.82) is 0 Å². The van der Waals surface area contributed by atoms with E-state index in [1.54, 1.807) is 7.05 Å². The van der Waals surface area contributed by atoms with Crippen LogP contribution in [-0.4, -0.2) is 39.6 Å². The highest BCUT2D eigenvalue weighted by Gasteiger charge is 2.19. The highest BCUT2D eigenvalue weighted by molar-refractivity contribution is 7.89. The maximum atomic E-state index is 12.1. The lowest BCUT2D eigenvalue weighted by Crippen LogP contribution is -2.27. The van der Waals surface area contributed by atoms with E-state index in [1.807, 2.05) is 0 Å². The molecule has 0 aromatic heterocycles. The molecule has 6 nitrogen and oxygen atoms in total. The molecule has 1 rings (SSSR count). The van der Waals surface area contributed by atoms with Crippen molar-refractivity contribution in [3.05, 3.63) is 29.3 Å². The zero-order valence-electron chi connectivity index (χ0n) is 10.9. The second-order valence-electron chi connectivity index (χ2n) is 4.09. The molecule has 19 heavy (non-hydrogen) atoms. The van der Waals surface area contributed by atoms with E-state index in [-0.39, 0.29) is 16.0 Å². The highest BCUT2D eigenvalue weighted by atomic mass is 32.2. The number of benzene rings is 1. The largest absolute Gasteiger partial charge is 0.478 e. The summed E-state index contributed by atoms with van der Waals surface area (Å²) in [5.41, 5.74) is 0.245. The summed E-state index contributed by atoms with van der Waals surface area (Å²) in [6, 6.07) is 4.22. The standard InChI is InChI=1S/C12H18N2O4S/c1-9-10(12(15)16)5-3-6-11(9)19(17,18)14-8-4-7-13-2/h3,5-6,13-14H,4,7-8H2,1-2H3,(H,15,16). The first kappa shape index (κ1) is 15.6. The fourth-order valence-corrected chi connectivity index (χ4v) is 3.03. The van der Waals surface area contributed by atoms with Gasteiger partial charge in [0.05, 0.1) is 10.5 Å². The maximum absolute atomic E-state index is 12.1. The number of sulfonamides is 1. The first-order valence-corrected chi connectivity index (χ1v) is 7.35. The number of carboxylic acids is 1. The molecule has 1 aromatic rings. The summed E-state index contributed by atoms with van der Waals surface area (Å²) in [4.78, 5) is 11.0. The van der Waals surface area contributed by atoms with E-state index in [1.165, 1.54) is 25.1 Å². The van der Waals surface area contributed by atoms with Gasteiger partial charge in [-0.3, -0.25) is 0 Å². The lowest BCUT2D eigenvalue weighted by Gasteiger charge is -2.10. The van der Waals surface area contributed by atoms with Gasteiger partial charge >= 0.3 is 5.97 Å². The molecule has 0 aliphatic carbocycles. The SMILES string of the molecule is CNCCCNS(=O)(=O)c1cccc(C(=O)O)c1C. The molecule has 0 atom stereocenters. The average Bonchev–Trinajstić information content (AvgIpc) is 2.34. The molecule has 1 aromatic carbocycles. The van der Waals surface area contributed by atoms with Gasteiger partial charge in [-0.2, -0.15) is 0 Å². The van der Waals surface area contributed by atoms with Crippen LogP contribution >= 0.6 is 0 Å². The summed E-state index contributed by atoms with van der Waals surface area (Å²) in [5, 5.41) is 11.9. The van der Waals surface area contributed by atoms with E-state index >= 15 is 0 Å². The summed E-state index contributed by atoms with van der Waals surface area (Å²) >= 11 is 0. The smallest absolute Gasteiger partial charge is 0.335 e. The third-order valence-electron chi connectivity index (χ3n) is 2.70. The Kier molecular flexibility index (Phi) is 5.46. The van der Waals surface area contributed by atoms with Gasteiger partial charge in [0.15, 0.2) is 0 Å². The van der Waals surface area contributed by atoms with Gasteiger partial charge in [0, 0.05) is 6.54 Å². The predicted molar refractivity (Wildman–Crippen MR) is 71.9 cm³/mol. The normalized spacial score (nSPS) is 11.5. The van der Waals surface area contributed by atoms with Crippen molar-refractivity contribution in [2.24, 2.45) is 0 Å². The lowest BCUT2D eigenvalue weighted by molar-refractivity contribution is 0.0696. The summed E-state index contributed by atoms with van der Waals surface area (Å²) in [7, 11) is -1.88. The predicted octanol–water partition coefficient (Wildman–Crippen LogP) is 0.581. The van der Waals surface area contributed by atoms with Crippen LogP contribution in [0.2, 0.25) is 0 Å². The number of carbonyl (C=O) groups is 1. The third kappa shape index (κ3) is 4.02. The van der Waals surface area contributed by atoms with Crippen molar-refractivity contribution < 1.29 is 18.3 Å². The van der Waals surface area contributed by atoms with E-state index in [4.69, 9.17) is 5.11 Å². The van der Waals surface area contributed by atoms with Crippen LogP contribution in [0, 0.1) is 6.92 Å². The zero-order chi connectivity index (χ0) is 14.5. The minimum Gasteiger partial charge on any atom is -0.478 e. The molecule has 0 aliphatic heterocycles. The Balaban J connectivity index is 2.96. The van der Waals surface area contributed by atoms with Gasteiger partial charge in [-0.05, 0) is 44.6 Å². The first-order valence-electron chi connectivity index (χ1n) is 5.87. The van der Waals surface area contributed by atoms with Crippen LogP contribution in [-0.2, 0) is 10.0 Å². The van der Waals surface area contributed by atoms with Crippen molar-refractivity contribution in [3.8, 4) is 0 Å². The van der Waals surface area contributed by atoms with Crippen molar-refractivity contribution >= 4 is 16.0 Å². The second-order valence-corrected chi connectivity index (χ2v) is 5.82. The molecule has 0 bridgehead atoms. The monoisotopic (exact) mass is 286 g/mol. The van der Waals surface area contributed by atoms with Gasteiger partial charge in [-0.25, -0.2) is 17.9 Å². The van der Waals surface area contributed by atoms with Crippen LogP contribution in [0.25, 0.3) is 0 Å². The average molecular weight is 286 g/mol. The number of nitrogens with one attached hydrogen (secondary N) is 2. The molecule has 0 spiro atoms. The Morgan fingerprint density at radius 2 is 2.00 bits per heavy atom. The van der Waals surface area contributed by atoms with E-state index in [9.17, 15) is 13.2 Å². The van der Waals surface area contributed by atoms with Crippen molar-refractivity contribution in [1.82, 2.24) is 10.0 Å². The quantitative estimate of drug-likeness (QED) is 0.637. The molecular formula is C12H18N2O4S. The van der Waals surface area contributed by atoms with Crippen molar-refractivity contribution in [3.63, 3.8) is 0 Å². The molecule has 0 saturated heterocycles. The summed E-state index contributed by atoms with van der Waals surface area (Å²) in [6.07, 6.45) is 0.660. The molecule has 0 saturated carbocycles. The van der Waals surface area contributed by atoms with Crippen LogP contribution in [0.4, 0.5) is 0 Å². The number of rotatable bonds is 7. The number of hydrogen-bond donors (Lipinski definition) is 3. The first-order chi connectivity index (χ1) is 8.90. The van der Waals surface area contributed by atoms with Crippen LogP contribution in [0.15, 0.2) is 23.1 Å². The zero-order valence-corrected chi connectivity index (χ0v) is 11.8. The summed E-state index contributed by atoms with van der Waals surface area (Å²) < 4.78 is 26.6. The molecule has 0 heterocycles. The molecular weight excluding hydrogens is 268 g/mol. The third-order valence-corrected chi connectivity index (χ3v) is 4.31. The summed E-state index contributed by atoms with van der Waals surface area (Å²) in [5.74, 6) is -1.13. The number of carboxylic acid groups (broad SMARTS) is 1. The van der Waals surface area contributed by atoms with Gasteiger partial charge in [0.2, 0.25) is 10.0 Å². The lowest BCUT2D eigenvalue weighted by atomic mass is 10.1. The maximum Gasteiger partial charge on any atom is 0.335 e. The topological polar surface area (TPSA) is 95.5 Å². The van der Waals surface area contributed by atoms with Gasteiger partial charge in [0.1, 0.15) is 0 Å². The minimum atomic E-state index is -3.67. The summed E-state index contributed by atoms with van der Waals surface area (Å²) in [6.45, 7) is 2.50. The fraction of sp³-hybridized carbons (Fsp3) is 0.417. The van der Waals surface area contributed by atoms with Crippen LogP contribution in [0.3, 0.4) is 0 Å². The van der Waals surface area contributed by atoms with Crippen molar-refractivity contribution in [2.45, 2.75) is 18.2 Å². The van der Waals surface area contributed by atoms with Crippen LogP contribution in [0.5, 0.6) is 0 Å². The molecule has 0 aliphatic rings. The molecule has 0 fully saturated rings. The van der Waals surface area contributed by atoms with E-state index in [0.29, 0.717) is 19.5 Å². The van der Waals surface area contributed by atoms with Gasteiger partial charge < -0.3 is 10.4 Å². The van der Waals surface area contributed by atoms with Crippen LogP contribution < -0.4 is 10.0 Å². The van der Waals surface area contributed by atoms with Crippen molar-refractivity contribution in [2.75, 3.05) is 20.1 Å². The Morgan fingerprint density at radius 3 is 2.58 bits per heavy atom. The molecule has 0 radical (unpaired) electrons. The Bertz CT molecular complexity index is 555. The molecule has 106 valence electrons. The Morgan fingerprint density at radius 1 is 1.32 bits per heavy atom. The molecule has 7 heteroatoms. The second kappa shape index (κ2) is 6.65. The Hall–Kier alpha value is -1.44. The Labute approximate surface area is 112 Å². The fourth-order valence-electron chi connectivity index (χ4n) is 1.69. The van der Waals surface area contributed by atoms with Gasteiger partial charge in [-0.15, -0.1) is 0 Å². The van der Waals surface area contributed by atoms with Crippen LogP contribution in [0.1, 0.15) is 22.3 Å². The van der Waals surface area contributed by atoms with Gasteiger partial charge in [0.25, 0.3) is 0 Å². The van der Waals surface area contributed by atoms with Gasteiger partial charge in [-0.1, -0.05) is 6.07 Å². The van der Waals surface area contributed by atoms with E-state index in [0.717, 1.165) is 0 Å². The number of aromatic carboxylic acids is 1. The molecule has 3 N–H and O–H groups in total. The molecule has 0 unspecified atom stereocenters. The number of hydrogen-bond acceptors (Lipinski definition) is 4. The molecule has 0 amide bonds. The minimum absolute atomic E-state index is 0.00176. The van der Waals surface area contributed by atoms with E-state index in [2.05, 4.69) is 10.0 Å². The highest BCUT2D eigenvalue weighted by Crippen LogP contribution is 2.18. The van der Waals surface area contributed by atoms with E-state index < -0.39 is 16.0 Å².